The van der Waals surface area contributed by atoms with Crippen LogP contribution in [0, 0.1) is 0 Å². The first kappa shape index (κ1) is 32.6. The van der Waals surface area contributed by atoms with Crippen molar-refractivity contribution in [3.63, 3.8) is 0 Å². The van der Waals surface area contributed by atoms with Crippen LogP contribution in [0.5, 0.6) is 0 Å². The number of β-lactam (4-membered cyclic amide) rings is 1. The quantitative estimate of drug-likeness (QED) is 0.0763. The molecule has 1 saturated heterocycles. The van der Waals surface area contributed by atoms with Gasteiger partial charge in [-0.25, -0.2) is 14.3 Å². The van der Waals surface area contributed by atoms with E-state index in [1.54, 1.807) is 36.0 Å². The number of aliphatic carboxylic acids is 2. The van der Waals surface area contributed by atoms with Crippen molar-refractivity contribution < 1.29 is 43.6 Å². The molecule has 2 aromatic heterocycles. The molecule has 0 aliphatic carbocycles. The molecule has 2 aliphatic rings. The van der Waals surface area contributed by atoms with Crippen molar-refractivity contribution in [2.45, 2.75) is 50.4 Å². The Kier molecular flexibility index (Phi) is 10.1. The average molecular weight is 667 g/mol. The molecule has 2 aliphatic heterocycles. The van der Waals surface area contributed by atoms with Crippen LogP contribution in [-0.4, -0.2) is 79.7 Å². The van der Waals surface area contributed by atoms with E-state index in [0.29, 0.717) is 11.3 Å². The van der Waals surface area contributed by atoms with Crippen LogP contribution in [0.25, 0.3) is 0 Å². The zero-order valence-corrected chi connectivity index (χ0v) is 25.6. The number of nitrogen functional groups attached to an aromatic ring is 1. The van der Waals surface area contributed by atoms with Gasteiger partial charge in [0.05, 0.1) is 17.4 Å². The highest BCUT2D eigenvalue weighted by Crippen LogP contribution is 2.40. The maximum absolute atomic E-state index is 13.2. The van der Waals surface area contributed by atoms with Crippen LogP contribution in [-0.2, 0) is 35.4 Å². The van der Waals surface area contributed by atoms with Crippen molar-refractivity contribution in [2.75, 3.05) is 16.8 Å². The summed E-state index contributed by atoms with van der Waals surface area (Å²) >= 11 is 8.19. The lowest BCUT2D eigenvalue weighted by Crippen LogP contribution is -2.71. The molecule has 4 rings (SSSR count). The van der Waals surface area contributed by atoms with Crippen molar-refractivity contribution in [2.24, 2.45) is 10.9 Å². The number of aromatic nitrogens is 2. The van der Waals surface area contributed by atoms with Crippen LogP contribution in [0.3, 0.4) is 0 Å². The molecule has 0 spiro atoms. The normalized spacial score (nSPS) is 19.4. The molecule has 1 fully saturated rings. The van der Waals surface area contributed by atoms with E-state index < -0.39 is 47.0 Å². The van der Waals surface area contributed by atoms with Gasteiger partial charge in [0, 0.05) is 35.9 Å². The third kappa shape index (κ3) is 7.26. The van der Waals surface area contributed by atoms with Gasteiger partial charge in [-0.1, -0.05) is 28.1 Å². The summed E-state index contributed by atoms with van der Waals surface area (Å²) in [6.07, 6.45) is 2.01. The molecule has 4 atom stereocenters. The standard InChI is InChI=1S/C25H27ClN8O8S2/c1-10(27)7-14(35)29-13-3-5-33(6-4-13)8-12-9-43-22-17(21(37)34(22)18(12)24(40)41)30-20(36)16(32-42-11(2)23(38)39)15-19(26)44-25(28)31-15/h3-6,10-11,17,22H,7-9,27H2,1-2H3,(H5,28,30,31,36,38,39,40,41)/b32-16-/t10-,11-,17+,22+/m0/s1. The second kappa shape index (κ2) is 13.6. The number of oxime groups is 1. The number of carbonyl (C=O) groups is 5. The summed E-state index contributed by atoms with van der Waals surface area (Å²) < 4.78 is 1.65. The number of hydrogen-bond donors (Lipinski definition) is 5. The average Bonchev–Trinajstić information content (AvgIpc) is 3.28. The lowest BCUT2D eigenvalue weighted by molar-refractivity contribution is -0.689. The third-order valence-electron chi connectivity index (χ3n) is 6.27. The largest absolute Gasteiger partial charge is 0.543 e. The number of fused-ring (bicyclic) bond motifs is 1. The van der Waals surface area contributed by atoms with E-state index in [9.17, 15) is 29.1 Å². The number of thioether (sulfide) groups is 1. The zero-order chi connectivity index (χ0) is 32.3. The first-order valence-corrected chi connectivity index (χ1v) is 15.1. The van der Waals surface area contributed by atoms with E-state index in [1.807, 2.05) is 0 Å². The van der Waals surface area contributed by atoms with Gasteiger partial charge in [-0.3, -0.25) is 19.3 Å². The summed E-state index contributed by atoms with van der Waals surface area (Å²) in [7, 11) is 0. The Bertz CT molecular complexity index is 1560. The molecular weight excluding hydrogens is 640 g/mol. The second-order valence-corrected chi connectivity index (χ2v) is 12.5. The summed E-state index contributed by atoms with van der Waals surface area (Å²) in [5.41, 5.74) is 11.2. The minimum atomic E-state index is -1.56. The number of nitrogens with zero attached hydrogens (tertiary/aromatic N) is 4. The highest BCUT2D eigenvalue weighted by molar-refractivity contribution is 8.00. The molecular formula is C25H27ClN8O8S2. The molecule has 0 bridgehead atoms. The number of carboxylic acid groups (broad SMARTS) is 2. The van der Waals surface area contributed by atoms with Crippen molar-refractivity contribution in [3.05, 3.63) is 45.8 Å². The number of carbonyl (C=O) groups excluding carboxylic acids is 4. The van der Waals surface area contributed by atoms with Gasteiger partial charge < -0.3 is 41.9 Å². The molecule has 16 nitrogen and oxygen atoms in total. The Morgan fingerprint density at radius 1 is 1.32 bits per heavy atom. The fraction of sp³-hybridized carbons (Fsp3) is 0.360. The third-order valence-corrected chi connectivity index (χ3v) is 8.70. The van der Waals surface area contributed by atoms with Crippen LogP contribution in [0.15, 0.2) is 41.0 Å². The van der Waals surface area contributed by atoms with Crippen LogP contribution in [0.1, 0.15) is 26.0 Å². The van der Waals surface area contributed by atoms with E-state index in [2.05, 4.69) is 20.8 Å². The minimum absolute atomic E-state index is 0.000252. The number of pyridine rings is 1. The molecule has 0 unspecified atom stereocenters. The van der Waals surface area contributed by atoms with Crippen molar-refractivity contribution >= 4 is 80.9 Å². The number of carboxylic acids is 2. The van der Waals surface area contributed by atoms with Gasteiger partial charge in [0.25, 0.3) is 11.8 Å². The van der Waals surface area contributed by atoms with Gasteiger partial charge in [0.1, 0.15) is 21.4 Å². The Hall–Kier alpha value is -4.26. The van der Waals surface area contributed by atoms with Crippen LogP contribution in [0.4, 0.5) is 10.8 Å². The first-order valence-electron chi connectivity index (χ1n) is 12.9. The lowest BCUT2D eigenvalue weighted by Gasteiger charge is -2.50. The molecule has 44 heavy (non-hydrogen) atoms. The number of anilines is 2. The summed E-state index contributed by atoms with van der Waals surface area (Å²) in [5, 5.41) is 29.3. The van der Waals surface area contributed by atoms with Gasteiger partial charge in [-0.2, -0.15) is 0 Å². The molecule has 3 amide bonds. The van der Waals surface area contributed by atoms with Crippen molar-refractivity contribution in [1.29, 1.82) is 0 Å². The number of halogens is 1. The van der Waals surface area contributed by atoms with Gasteiger partial charge >= 0.3 is 5.97 Å². The smallest absolute Gasteiger partial charge is 0.347 e. The van der Waals surface area contributed by atoms with E-state index in [1.165, 1.54) is 18.7 Å². The molecule has 4 heterocycles. The Morgan fingerprint density at radius 2 is 2.00 bits per heavy atom. The highest BCUT2D eigenvalue weighted by atomic mass is 35.5. The van der Waals surface area contributed by atoms with E-state index >= 15 is 0 Å². The maximum Gasteiger partial charge on any atom is 0.347 e. The number of thiazole rings is 1. The number of nitrogens with two attached hydrogens (primary N) is 2. The van der Waals surface area contributed by atoms with Crippen LogP contribution < -0.4 is 31.8 Å². The first-order chi connectivity index (χ1) is 20.8. The SMILES string of the molecule is C[C@H](N)CC(=O)Nc1cc[n+](CC2=C(C(=O)[O-])N3C(=O)[C@@H](NC(=O)/C(=N\O[C@@H](C)C(=O)O)c4nc(N)sc4Cl)[C@H]3SC2)cc1. The van der Waals surface area contributed by atoms with Crippen molar-refractivity contribution in [3.8, 4) is 0 Å². The van der Waals surface area contributed by atoms with E-state index in [-0.39, 0.29) is 51.5 Å². The summed E-state index contributed by atoms with van der Waals surface area (Å²) in [6, 6.07) is 1.82. The number of rotatable bonds is 12. The summed E-state index contributed by atoms with van der Waals surface area (Å²) in [5.74, 6) is -4.65. The minimum Gasteiger partial charge on any atom is -0.543 e. The molecule has 2 aromatic rings. The fourth-order valence-electron chi connectivity index (χ4n) is 4.21. The maximum atomic E-state index is 13.2. The zero-order valence-electron chi connectivity index (χ0n) is 23.2. The monoisotopic (exact) mass is 666 g/mol. The van der Waals surface area contributed by atoms with Gasteiger partial charge in [-0.05, 0) is 13.8 Å². The Balaban J connectivity index is 1.49. The second-order valence-electron chi connectivity index (χ2n) is 9.79. The topological polar surface area (TPSA) is 246 Å². The van der Waals surface area contributed by atoms with Gasteiger partial charge in [-0.15, -0.1) is 11.8 Å². The predicted molar refractivity (Wildman–Crippen MR) is 157 cm³/mol. The lowest BCUT2D eigenvalue weighted by atomic mass is 10.0. The highest BCUT2D eigenvalue weighted by Gasteiger charge is 2.53. The number of hydrogen-bond acceptors (Lipinski definition) is 13. The van der Waals surface area contributed by atoms with Gasteiger partial charge in [0.2, 0.25) is 12.0 Å². The van der Waals surface area contributed by atoms with Crippen LogP contribution in [0.2, 0.25) is 4.34 Å². The molecule has 19 heteroatoms. The number of nitrogens with one attached hydrogen (secondary N) is 2. The van der Waals surface area contributed by atoms with E-state index in [0.717, 1.165) is 16.2 Å². The Labute approximate surface area is 263 Å². The van der Waals surface area contributed by atoms with Gasteiger partial charge in [0.15, 0.2) is 29.8 Å². The molecule has 0 saturated carbocycles. The van der Waals surface area contributed by atoms with E-state index in [4.69, 9.17) is 33.0 Å². The molecule has 7 N–H and O–H groups in total. The Morgan fingerprint density at radius 3 is 2.57 bits per heavy atom. The predicted octanol–water partition coefficient (Wildman–Crippen LogP) is -1.36. The summed E-state index contributed by atoms with van der Waals surface area (Å²) in [6.45, 7) is 3.01. The fourth-order valence-corrected chi connectivity index (χ4v) is 6.47. The summed E-state index contributed by atoms with van der Waals surface area (Å²) in [4.78, 5) is 71.6. The molecule has 0 radical (unpaired) electrons. The molecule has 0 aromatic carbocycles. The van der Waals surface area contributed by atoms with Crippen molar-refractivity contribution in [1.82, 2.24) is 15.2 Å². The number of amides is 3. The molecule has 234 valence electrons. The van der Waals surface area contributed by atoms with Crippen LogP contribution >= 0.6 is 34.7 Å².